The fraction of sp³-hybridized carbons (Fsp3) is 0.300. The lowest BCUT2D eigenvalue weighted by Crippen LogP contribution is -2.18. The number of ketones is 1. The Morgan fingerprint density at radius 1 is 1.16 bits per heavy atom. The van der Waals surface area contributed by atoms with E-state index in [-0.39, 0.29) is 12.0 Å². The number of carbonyl (C=O) groups excluding carboxylic acids is 1. The molecule has 2 heterocycles. The average molecular weight is 335 g/mol. The van der Waals surface area contributed by atoms with Crippen molar-refractivity contribution in [1.29, 1.82) is 0 Å². The van der Waals surface area contributed by atoms with Gasteiger partial charge in [0.1, 0.15) is 0 Å². The summed E-state index contributed by atoms with van der Waals surface area (Å²) >= 11 is 0. The average Bonchev–Trinajstić information content (AvgIpc) is 3.06. The molecule has 0 radical (unpaired) electrons. The number of nitrogens with one attached hydrogen (secondary N) is 1. The topological polar surface area (TPSA) is 56.2 Å². The molecule has 1 aliphatic heterocycles. The predicted molar refractivity (Wildman–Crippen MR) is 98.3 cm³/mol. The molecule has 5 nitrogen and oxygen atoms in total. The number of fused-ring (bicyclic) bond motifs is 1. The van der Waals surface area contributed by atoms with Crippen LogP contribution in [0.5, 0.6) is 0 Å². The summed E-state index contributed by atoms with van der Waals surface area (Å²) in [5.74, 6) is 0.0735. The molecular weight excluding hydrogens is 314 g/mol. The number of anilines is 2. The number of ether oxygens (including phenoxy) is 1. The molecule has 0 bridgehead atoms. The number of nitrogens with zero attached hydrogens (tertiary/aromatic N) is 2. The van der Waals surface area contributed by atoms with E-state index in [2.05, 4.69) is 22.5 Å². The van der Waals surface area contributed by atoms with E-state index in [0.717, 1.165) is 41.7 Å². The molecule has 1 N–H and O–H groups in total. The zero-order valence-corrected chi connectivity index (χ0v) is 14.2. The largest absolute Gasteiger partial charge is 0.356 e. The Bertz CT molecular complexity index is 893. The number of carbonyl (C=O) groups is 1. The quantitative estimate of drug-likeness (QED) is 0.703. The molecule has 1 saturated heterocycles. The number of rotatable bonds is 4. The van der Waals surface area contributed by atoms with Gasteiger partial charge in [0.05, 0.1) is 11.7 Å². The van der Waals surface area contributed by atoms with E-state index < -0.39 is 0 Å². The summed E-state index contributed by atoms with van der Waals surface area (Å²) in [6.07, 6.45) is 5.21. The van der Waals surface area contributed by atoms with Crippen molar-refractivity contribution in [2.24, 2.45) is 0 Å². The van der Waals surface area contributed by atoms with E-state index in [1.54, 1.807) is 6.92 Å². The fourth-order valence-electron chi connectivity index (χ4n) is 3.22. The first-order valence-corrected chi connectivity index (χ1v) is 8.67. The van der Waals surface area contributed by atoms with Crippen LogP contribution < -0.4 is 5.32 Å². The van der Waals surface area contributed by atoms with Gasteiger partial charge >= 0.3 is 0 Å². The molecule has 1 fully saturated rings. The van der Waals surface area contributed by atoms with Crippen molar-refractivity contribution < 1.29 is 9.53 Å². The number of aromatic nitrogens is 2. The van der Waals surface area contributed by atoms with E-state index in [0.29, 0.717) is 5.56 Å². The van der Waals surface area contributed by atoms with Crippen molar-refractivity contribution in [3.05, 3.63) is 54.2 Å². The minimum Gasteiger partial charge on any atom is -0.356 e. The third-order valence-corrected chi connectivity index (χ3v) is 4.61. The summed E-state index contributed by atoms with van der Waals surface area (Å²) in [5, 5.41) is 9.02. The van der Waals surface area contributed by atoms with Gasteiger partial charge in [0.25, 0.3) is 0 Å². The second kappa shape index (κ2) is 6.69. The third kappa shape index (κ3) is 3.28. The second-order valence-corrected chi connectivity index (χ2v) is 6.44. The number of Topliss-reactive ketones (excluding diaryl/α,β-unsaturated/α-hetero) is 1. The van der Waals surface area contributed by atoms with Gasteiger partial charge in [0.15, 0.2) is 12.0 Å². The van der Waals surface area contributed by atoms with Crippen LogP contribution >= 0.6 is 0 Å². The van der Waals surface area contributed by atoms with Gasteiger partial charge in [-0.05, 0) is 68.7 Å². The lowest BCUT2D eigenvalue weighted by molar-refractivity contribution is -0.0366. The van der Waals surface area contributed by atoms with Gasteiger partial charge in [0, 0.05) is 28.9 Å². The van der Waals surface area contributed by atoms with Gasteiger partial charge in [-0.3, -0.25) is 4.79 Å². The predicted octanol–water partition coefficient (Wildman–Crippen LogP) is 4.68. The highest BCUT2D eigenvalue weighted by molar-refractivity contribution is 5.94. The van der Waals surface area contributed by atoms with Crippen molar-refractivity contribution in [3.63, 3.8) is 0 Å². The van der Waals surface area contributed by atoms with Crippen LogP contribution in [0.3, 0.4) is 0 Å². The van der Waals surface area contributed by atoms with Crippen LogP contribution in [-0.4, -0.2) is 22.2 Å². The molecule has 1 unspecified atom stereocenters. The zero-order valence-electron chi connectivity index (χ0n) is 14.2. The molecule has 2 aromatic carbocycles. The van der Waals surface area contributed by atoms with Gasteiger partial charge in [-0.15, -0.1) is 0 Å². The monoisotopic (exact) mass is 335 g/mol. The van der Waals surface area contributed by atoms with Crippen molar-refractivity contribution in [2.45, 2.75) is 32.4 Å². The Morgan fingerprint density at radius 3 is 2.68 bits per heavy atom. The van der Waals surface area contributed by atoms with Crippen LogP contribution in [-0.2, 0) is 4.74 Å². The molecule has 0 spiro atoms. The van der Waals surface area contributed by atoms with Crippen molar-refractivity contribution in [2.75, 3.05) is 11.9 Å². The first-order valence-electron chi connectivity index (χ1n) is 8.67. The van der Waals surface area contributed by atoms with E-state index in [1.165, 1.54) is 6.42 Å². The van der Waals surface area contributed by atoms with Gasteiger partial charge in [-0.25, -0.2) is 4.68 Å². The maximum atomic E-state index is 11.4. The van der Waals surface area contributed by atoms with Gasteiger partial charge in [-0.1, -0.05) is 0 Å². The SMILES string of the molecule is CC(=O)c1ccc(Nc2ccc3cnn(C4CCCCO4)c3c2)cc1. The highest BCUT2D eigenvalue weighted by atomic mass is 16.5. The summed E-state index contributed by atoms with van der Waals surface area (Å²) in [7, 11) is 0. The Labute approximate surface area is 146 Å². The number of hydrogen-bond donors (Lipinski definition) is 1. The molecule has 3 aromatic rings. The van der Waals surface area contributed by atoms with Crippen molar-refractivity contribution in [1.82, 2.24) is 9.78 Å². The van der Waals surface area contributed by atoms with E-state index in [4.69, 9.17) is 4.74 Å². The first-order chi connectivity index (χ1) is 12.2. The molecule has 5 heteroatoms. The summed E-state index contributed by atoms with van der Waals surface area (Å²) in [6.45, 7) is 2.37. The van der Waals surface area contributed by atoms with Gasteiger partial charge in [0.2, 0.25) is 0 Å². The molecule has 0 saturated carbocycles. The van der Waals surface area contributed by atoms with Crippen molar-refractivity contribution >= 4 is 28.1 Å². The molecule has 1 aliphatic rings. The summed E-state index contributed by atoms with van der Waals surface area (Å²) < 4.78 is 7.86. The molecule has 0 aliphatic carbocycles. The molecule has 1 aromatic heterocycles. The standard InChI is InChI=1S/C20H21N3O2/c1-14(24)15-5-8-17(9-6-15)22-18-10-7-16-13-21-23(19(16)12-18)20-4-2-3-11-25-20/h5-10,12-13,20,22H,2-4,11H2,1H3. The molecule has 0 amide bonds. The van der Waals surface area contributed by atoms with Crippen LogP contribution in [0.15, 0.2) is 48.7 Å². The van der Waals surface area contributed by atoms with Gasteiger partial charge in [-0.2, -0.15) is 5.10 Å². The van der Waals surface area contributed by atoms with Crippen LogP contribution in [0.1, 0.15) is 42.8 Å². The first kappa shape index (κ1) is 15.8. The highest BCUT2D eigenvalue weighted by Crippen LogP contribution is 2.28. The smallest absolute Gasteiger partial charge is 0.159 e. The lowest BCUT2D eigenvalue weighted by Gasteiger charge is -2.23. The van der Waals surface area contributed by atoms with Crippen molar-refractivity contribution in [3.8, 4) is 0 Å². The maximum Gasteiger partial charge on any atom is 0.159 e. The second-order valence-electron chi connectivity index (χ2n) is 6.44. The Balaban J connectivity index is 1.60. The minimum absolute atomic E-state index is 0.0244. The molecule has 4 rings (SSSR count). The third-order valence-electron chi connectivity index (χ3n) is 4.61. The summed E-state index contributed by atoms with van der Waals surface area (Å²) in [4.78, 5) is 11.4. The maximum absolute atomic E-state index is 11.4. The zero-order chi connectivity index (χ0) is 17.2. The van der Waals surface area contributed by atoms with Crippen LogP contribution in [0.2, 0.25) is 0 Å². The Hall–Kier alpha value is -2.66. The molecule has 25 heavy (non-hydrogen) atoms. The normalized spacial score (nSPS) is 17.6. The van der Waals surface area contributed by atoms with Crippen LogP contribution in [0.25, 0.3) is 10.9 Å². The number of benzene rings is 2. The summed E-state index contributed by atoms with van der Waals surface area (Å²) in [6, 6.07) is 13.7. The highest BCUT2D eigenvalue weighted by Gasteiger charge is 2.18. The number of hydrogen-bond acceptors (Lipinski definition) is 4. The fourth-order valence-corrected chi connectivity index (χ4v) is 3.22. The lowest BCUT2D eigenvalue weighted by atomic mass is 10.1. The summed E-state index contributed by atoms with van der Waals surface area (Å²) in [5.41, 5.74) is 3.72. The van der Waals surface area contributed by atoms with Crippen LogP contribution in [0, 0.1) is 0 Å². The molecule has 1 atom stereocenters. The molecule has 128 valence electrons. The van der Waals surface area contributed by atoms with E-state index in [9.17, 15) is 4.79 Å². The Kier molecular flexibility index (Phi) is 4.24. The van der Waals surface area contributed by atoms with Gasteiger partial charge < -0.3 is 10.1 Å². The van der Waals surface area contributed by atoms with E-state index in [1.807, 2.05) is 41.2 Å². The van der Waals surface area contributed by atoms with E-state index >= 15 is 0 Å². The van der Waals surface area contributed by atoms with Crippen LogP contribution in [0.4, 0.5) is 11.4 Å². The Morgan fingerprint density at radius 2 is 1.96 bits per heavy atom. The molecular formula is C20H21N3O2. The minimum atomic E-state index is 0.0244.